The number of hydrogen-bond donors (Lipinski definition) is 1. The fraction of sp³-hybridized carbons (Fsp3) is 0.412. The van der Waals surface area contributed by atoms with E-state index >= 15 is 0 Å². The average Bonchev–Trinajstić information content (AvgIpc) is 3.20. The van der Waals surface area contributed by atoms with Crippen LogP contribution in [0.1, 0.15) is 6.92 Å². The van der Waals surface area contributed by atoms with Crippen LogP contribution in [0.25, 0.3) is 22.2 Å². The number of hydrogen-bond acceptors (Lipinski definition) is 5. The van der Waals surface area contributed by atoms with Gasteiger partial charge in [-0.3, -0.25) is 9.78 Å². The van der Waals surface area contributed by atoms with E-state index in [1.54, 1.807) is 0 Å². The molecule has 126 valence electrons. The zero-order valence-corrected chi connectivity index (χ0v) is 13.6. The fourth-order valence-electron chi connectivity index (χ4n) is 2.77. The topological polar surface area (TPSA) is 74.2 Å². The van der Waals surface area contributed by atoms with Crippen molar-refractivity contribution < 1.29 is 14.2 Å². The molecule has 2 aromatic heterocycles. The van der Waals surface area contributed by atoms with Crippen LogP contribution in [0, 0.1) is 0 Å². The summed E-state index contributed by atoms with van der Waals surface area (Å²) in [6, 6.07) is 5.91. The summed E-state index contributed by atoms with van der Waals surface area (Å²) in [5.74, 6) is 0.803. The van der Waals surface area contributed by atoms with Crippen molar-refractivity contribution in [1.29, 1.82) is 0 Å². The first-order chi connectivity index (χ1) is 11.8. The second-order valence-electron chi connectivity index (χ2n) is 5.88. The van der Waals surface area contributed by atoms with Gasteiger partial charge in [-0.1, -0.05) is 0 Å². The Kier molecular flexibility index (Phi) is 4.18. The largest absolute Gasteiger partial charge is 0.491 e. The maximum Gasteiger partial charge on any atom is 0.120 e. The van der Waals surface area contributed by atoms with Crippen molar-refractivity contribution in [1.82, 2.24) is 20.0 Å². The van der Waals surface area contributed by atoms with Crippen molar-refractivity contribution in [3.05, 3.63) is 30.6 Å². The molecule has 1 aliphatic rings. The van der Waals surface area contributed by atoms with E-state index in [4.69, 9.17) is 14.2 Å². The van der Waals surface area contributed by atoms with Gasteiger partial charge in [-0.05, 0) is 25.1 Å². The summed E-state index contributed by atoms with van der Waals surface area (Å²) in [5.41, 5.74) is 2.82. The van der Waals surface area contributed by atoms with Gasteiger partial charge in [-0.25, -0.2) is 0 Å². The van der Waals surface area contributed by atoms with Crippen molar-refractivity contribution in [2.45, 2.75) is 19.6 Å². The number of fused-ring (bicyclic) bond motifs is 4. The summed E-state index contributed by atoms with van der Waals surface area (Å²) < 4.78 is 19.0. The van der Waals surface area contributed by atoms with E-state index in [0.717, 1.165) is 27.9 Å². The fourth-order valence-corrected chi connectivity index (χ4v) is 2.77. The van der Waals surface area contributed by atoms with Gasteiger partial charge >= 0.3 is 0 Å². The Morgan fingerprint density at radius 3 is 3.17 bits per heavy atom. The molecule has 7 nitrogen and oxygen atoms in total. The summed E-state index contributed by atoms with van der Waals surface area (Å²) in [6.45, 7) is 4.88. The van der Waals surface area contributed by atoms with Gasteiger partial charge < -0.3 is 14.2 Å². The molecule has 0 saturated carbocycles. The number of ether oxygens (including phenoxy) is 3. The minimum absolute atomic E-state index is 0.0437. The molecule has 0 radical (unpaired) electrons. The summed E-state index contributed by atoms with van der Waals surface area (Å²) in [6.07, 6.45) is 3.86. The average molecular weight is 328 g/mol. The minimum Gasteiger partial charge on any atom is -0.491 e. The number of aromatic nitrogens is 4. The molecule has 1 aliphatic heterocycles. The van der Waals surface area contributed by atoms with Gasteiger partial charge in [0.1, 0.15) is 18.1 Å². The lowest BCUT2D eigenvalue weighted by atomic mass is 10.1. The highest BCUT2D eigenvalue weighted by Gasteiger charge is 2.12. The first-order valence-corrected chi connectivity index (χ1v) is 8.13. The van der Waals surface area contributed by atoms with Crippen LogP contribution in [-0.4, -0.2) is 52.5 Å². The second kappa shape index (κ2) is 6.62. The predicted molar refractivity (Wildman–Crippen MR) is 89.0 cm³/mol. The third kappa shape index (κ3) is 3.13. The number of benzene rings is 1. The van der Waals surface area contributed by atoms with Gasteiger partial charge in [-0.2, -0.15) is 10.2 Å². The first-order valence-electron chi connectivity index (χ1n) is 8.13. The standard InChI is InChI=1S/C17H20N4O3/c1-12-11-22-6-7-24-14-2-3-16-15(8-14)17(20-19-16)13-9-18-21(10-13)4-5-23-12/h2-3,8-10,12H,4-7,11H2,1H3,(H,19,20)/t12-/m1/s1. The molecule has 3 aromatic rings. The Balaban J connectivity index is 1.68. The smallest absolute Gasteiger partial charge is 0.120 e. The molecule has 4 bridgehead atoms. The second-order valence-corrected chi connectivity index (χ2v) is 5.88. The van der Waals surface area contributed by atoms with Gasteiger partial charge in [0.2, 0.25) is 0 Å². The van der Waals surface area contributed by atoms with E-state index < -0.39 is 0 Å². The van der Waals surface area contributed by atoms with Crippen molar-refractivity contribution in [2.24, 2.45) is 0 Å². The van der Waals surface area contributed by atoms with E-state index in [1.807, 2.05) is 42.2 Å². The van der Waals surface area contributed by atoms with Gasteiger partial charge in [-0.15, -0.1) is 0 Å². The molecule has 3 heterocycles. The minimum atomic E-state index is 0.0437. The van der Waals surface area contributed by atoms with Crippen molar-refractivity contribution in [2.75, 3.05) is 26.4 Å². The molecule has 0 spiro atoms. The molecule has 0 fully saturated rings. The summed E-state index contributed by atoms with van der Waals surface area (Å²) >= 11 is 0. The highest BCUT2D eigenvalue weighted by molar-refractivity contribution is 5.93. The molecule has 0 amide bonds. The van der Waals surface area contributed by atoms with Crippen LogP contribution < -0.4 is 4.74 Å². The molecule has 1 atom stereocenters. The molecule has 24 heavy (non-hydrogen) atoms. The molecule has 0 aliphatic carbocycles. The highest BCUT2D eigenvalue weighted by atomic mass is 16.5. The maximum absolute atomic E-state index is 5.78. The summed E-state index contributed by atoms with van der Waals surface area (Å²) in [4.78, 5) is 0. The van der Waals surface area contributed by atoms with Crippen LogP contribution in [0.4, 0.5) is 0 Å². The maximum atomic E-state index is 5.78. The van der Waals surface area contributed by atoms with Crippen LogP contribution in [0.3, 0.4) is 0 Å². The Morgan fingerprint density at radius 2 is 2.21 bits per heavy atom. The molecule has 7 heteroatoms. The summed E-state index contributed by atoms with van der Waals surface area (Å²) in [5, 5.41) is 12.9. The quantitative estimate of drug-likeness (QED) is 0.685. The number of H-pyrrole nitrogens is 1. The highest BCUT2D eigenvalue weighted by Crippen LogP contribution is 2.29. The van der Waals surface area contributed by atoms with Crippen LogP contribution >= 0.6 is 0 Å². The molecule has 1 aromatic carbocycles. The first kappa shape index (κ1) is 15.2. The molecule has 4 rings (SSSR count). The van der Waals surface area contributed by atoms with Crippen LogP contribution in [0.2, 0.25) is 0 Å². The lowest BCUT2D eigenvalue weighted by molar-refractivity contribution is -0.0157. The van der Waals surface area contributed by atoms with Crippen LogP contribution in [0.15, 0.2) is 30.6 Å². The zero-order valence-electron chi connectivity index (χ0n) is 13.6. The monoisotopic (exact) mass is 328 g/mol. The summed E-state index contributed by atoms with van der Waals surface area (Å²) in [7, 11) is 0. The Morgan fingerprint density at radius 1 is 1.25 bits per heavy atom. The van der Waals surface area contributed by atoms with E-state index in [9.17, 15) is 0 Å². The number of aromatic amines is 1. The number of rotatable bonds is 0. The Hall–Kier alpha value is -2.38. The molecule has 0 saturated heterocycles. The molecular weight excluding hydrogens is 308 g/mol. The third-order valence-corrected chi connectivity index (χ3v) is 4.01. The van der Waals surface area contributed by atoms with Gasteiger partial charge in [0.25, 0.3) is 0 Å². The van der Waals surface area contributed by atoms with Crippen LogP contribution in [-0.2, 0) is 16.0 Å². The van der Waals surface area contributed by atoms with Gasteiger partial charge in [0.05, 0.1) is 44.2 Å². The third-order valence-electron chi connectivity index (χ3n) is 4.01. The zero-order chi connectivity index (χ0) is 16.4. The van der Waals surface area contributed by atoms with E-state index in [1.165, 1.54) is 0 Å². The lowest BCUT2D eigenvalue weighted by Crippen LogP contribution is -2.20. The van der Waals surface area contributed by atoms with Gasteiger partial charge in [0.15, 0.2) is 0 Å². The molecular formula is C17H20N4O3. The van der Waals surface area contributed by atoms with E-state index in [0.29, 0.717) is 33.0 Å². The normalized spacial score (nSPS) is 19.5. The van der Waals surface area contributed by atoms with Crippen molar-refractivity contribution in [3.8, 4) is 17.0 Å². The van der Waals surface area contributed by atoms with Gasteiger partial charge in [0, 0.05) is 17.1 Å². The number of nitrogens with zero attached hydrogens (tertiary/aromatic N) is 3. The Labute approximate surface area is 139 Å². The van der Waals surface area contributed by atoms with Crippen molar-refractivity contribution >= 4 is 10.9 Å². The van der Waals surface area contributed by atoms with E-state index in [-0.39, 0.29) is 6.10 Å². The number of nitrogens with one attached hydrogen (secondary N) is 1. The molecule has 1 N–H and O–H groups in total. The predicted octanol–water partition coefficient (Wildman–Crippen LogP) is 2.24. The van der Waals surface area contributed by atoms with Crippen molar-refractivity contribution in [3.63, 3.8) is 0 Å². The molecule has 0 unspecified atom stereocenters. The Bertz CT molecular complexity index is 826. The van der Waals surface area contributed by atoms with E-state index in [2.05, 4.69) is 15.3 Å². The van der Waals surface area contributed by atoms with Crippen LogP contribution in [0.5, 0.6) is 5.75 Å². The lowest BCUT2D eigenvalue weighted by Gasteiger charge is -2.14. The SMILES string of the molecule is C[C@@H]1COCCOc2ccc3[nH]nc(c3c2)-c2cnn(c2)CCO1.